The molecule has 7 nitrogen and oxygen atoms in total. The number of carbonyl (C=O) groups is 1. The van der Waals surface area contributed by atoms with Gasteiger partial charge < -0.3 is 10.6 Å². The number of fused-ring (bicyclic) bond motifs is 3. The zero-order valence-corrected chi connectivity index (χ0v) is 21.9. The van der Waals surface area contributed by atoms with Gasteiger partial charge in [-0.3, -0.25) is 14.4 Å². The number of rotatable bonds is 5. The van der Waals surface area contributed by atoms with Crippen LogP contribution < -0.4 is 10.6 Å². The summed E-state index contributed by atoms with van der Waals surface area (Å²) < 4.78 is 2.01. The summed E-state index contributed by atoms with van der Waals surface area (Å²) in [6, 6.07) is 34.6. The molecule has 6 rings (SSSR count). The van der Waals surface area contributed by atoms with Crippen molar-refractivity contribution in [2.45, 2.75) is 13.1 Å². The summed E-state index contributed by atoms with van der Waals surface area (Å²) in [6.45, 7) is 1.92. The van der Waals surface area contributed by atoms with E-state index < -0.39 is 6.17 Å². The van der Waals surface area contributed by atoms with Crippen LogP contribution in [0.4, 0.5) is 5.69 Å². The first kappa shape index (κ1) is 24.4. The second-order valence-corrected chi connectivity index (χ2v) is 9.48. The summed E-state index contributed by atoms with van der Waals surface area (Å²) in [6.07, 6.45) is -0.590. The third-order valence-corrected chi connectivity index (χ3v) is 6.73. The van der Waals surface area contributed by atoms with Crippen molar-refractivity contribution in [2.24, 2.45) is 4.99 Å². The van der Waals surface area contributed by atoms with Gasteiger partial charge in [-0.2, -0.15) is 0 Å². The molecule has 0 radical (unpaired) electrons. The number of hydrogen-bond donors (Lipinski definition) is 2. The molecule has 39 heavy (non-hydrogen) atoms. The highest BCUT2D eigenvalue weighted by Gasteiger charge is 2.28. The normalized spacial score (nSPS) is 13.9. The second-order valence-electron chi connectivity index (χ2n) is 9.08. The lowest BCUT2D eigenvalue weighted by molar-refractivity contribution is 0.103. The Bertz CT molecular complexity index is 1690. The molecule has 0 amide bonds. The topological polar surface area (TPSA) is 84.2 Å². The van der Waals surface area contributed by atoms with Crippen molar-refractivity contribution in [3.63, 3.8) is 0 Å². The number of aromatic nitrogens is 3. The van der Waals surface area contributed by atoms with E-state index in [2.05, 4.69) is 26.9 Å². The van der Waals surface area contributed by atoms with Crippen LogP contribution in [0.25, 0.3) is 5.69 Å². The van der Waals surface area contributed by atoms with Crippen LogP contribution in [0, 0.1) is 6.92 Å². The number of ketones is 1. The molecule has 4 aromatic carbocycles. The van der Waals surface area contributed by atoms with E-state index in [4.69, 9.17) is 17.2 Å². The van der Waals surface area contributed by atoms with Gasteiger partial charge in [0.25, 0.3) is 0 Å². The fraction of sp³-hybridized carbons (Fsp3) is 0.0645. The quantitative estimate of drug-likeness (QED) is 0.227. The van der Waals surface area contributed by atoms with Crippen molar-refractivity contribution in [3.05, 3.63) is 143 Å². The zero-order chi connectivity index (χ0) is 26.8. The highest BCUT2D eigenvalue weighted by molar-refractivity contribution is 7.80. The van der Waals surface area contributed by atoms with Gasteiger partial charge in [-0.25, -0.2) is 0 Å². The second kappa shape index (κ2) is 10.4. The molecule has 1 atom stereocenters. The molecule has 1 aliphatic rings. The Kier molecular flexibility index (Phi) is 6.52. The third-order valence-electron chi connectivity index (χ3n) is 6.51. The predicted molar refractivity (Wildman–Crippen MR) is 157 cm³/mol. The van der Waals surface area contributed by atoms with Crippen molar-refractivity contribution in [1.29, 1.82) is 0 Å². The summed E-state index contributed by atoms with van der Waals surface area (Å²) in [5.74, 6) is 1.36. The van der Waals surface area contributed by atoms with Crippen molar-refractivity contribution in [1.82, 2.24) is 20.1 Å². The molecule has 1 unspecified atom stereocenters. The summed E-state index contributed by atoms with van der Waals surface area (Å²) in [7, 11) is 0. The van der Waals surface area contributed by atoms with Gasteiger partial charge in [0.15, 0.2) is 22.9 Å². The number of nitrogens with zero attached hydrogens (tertiary/aromatic N) is 4. The minimum Gasteiger partial charge on any atom is -0.334 e. The first-order valence-electron chi connectivity index (χ1n) is 12.5. The minimum absolute atomic E-state index is 0.0293. The number of aliphatic imine (C=N–C) groups is 1. The number of thiocarbonyl (C=S) groups is 1. The monoisotopic (exact) mass is 528 g/mol. The lowest BCUT2D eigenvalue weighted by Crippen LogP contribution is -2.33. The molecule has 8 heteroatoms. The SMILES string of the molecule is Cc1nnc2n1-c1ccccc1C(c1ccccc1)=NC2NC(=S)Nc1ccc(C(=O)c2ccccc2)cc1. The van der Waals surface area contributed by atoms with E-state index in [0.29, 0.717) is 22.1 Å². The van der Waals surface area contributed by atoms with Crippen molar-refractivity contribution >= 4 is 34.5 Å². The maximum absolute atomic E-state index is 12.7. The highest BCUT2D eigenvalue weighted by atomic mass is 32.1. The zero-order valence-electron chi connectivity index (χ0n) is 21.1. The maximum atomic E-state index is 12.7. The number of benzene rings is 4. The molecule has 2 heterocycles. The van der Waals surface area contributed by atoms with E-state index in [1.165, 1.54) is 0 Å². The largest absolute Gasteiger partial charge is 0.334 e. The molecule has 1 aliphatic heterocycles. The van der Waals surface area contributed by atoms with E-state index >= 15 is 0 Å². The average Bonchev–Trinajstić information content (AvgIpc) is 3.30. The van der Waals surface area contributed by atoms with Crippen LogP contribution >= 0.6 is 12.2 Å². The smallest absolute Gasteiger partial charge is 0.193 e. The Balaban J connectivity index is 1.28. The first-order chi connectivity index (χ1) is 19.1. The molecular formula is C31H24N6OS. The highest BCUT2D eigenvalue weighted by Crippen LogP contribution is 2.29. The van der Waals surface area contributed by atoms with Crippen LogP contribution in [0.2, 0.25) is 0 Å². The Morgan fingerprint density at radius 1 is 0.795 bits per heavy atom. The number of carbonyl (C=O) groups excluding carboxylic acids is 1. The predicted octanol–water partition coefficient (Wildman–Crippen LogP) is 5.64. The molecule has 0 fully saturated rings. The Hall–Kier alpha value is -4.95. The fourth-order valence-corrected chi connectivity index (χ4v) is 4.88. The van der Waals surface area contributed by atoms with E-state index in [9.17, 15) is 4.79 Å². The molecule has 1 aromatic heterocycles. The van der Waals surface area contributed by atoms with Crippen molar-refractivity contribution < 1.29 is 4.79 Å². The molecule has 5 aromatic rings. The lowest BCUT2D eigenvalue weighted by Gasteiger charge is -2.17. The Labute approximate surface area is 231 Å². The average molecular weight is 529 g/mol. The summed E-state index contributed by atoms with van der Waals surface area (Å²) in [4.78, 5) is 17.9. The lowest BCUT2D eigenvalue weighted by atomic mass is 10.0. The molecule has 0 aliphatic carbocycles. The van der Waals surface area contributed by atoms with E-state index in [-0.39, 0.29) is 5.78 Å². The van der Waals surface area contributed by atoms with Crippen LogP contribution in [0.1, 0.15) is 44.9 Å². The van der Waals surface area contributed by atoms with Crippen LogP contribution in [-0.2, 0) is 0 Å². The van der Waals surface area contributed by atoms with Crippen LogP contribution in [0.15, 0.2) is 114 Å². The van der Waals surface area contributed by atoms with Gasteiger partial charge in [0.05, 0.1) is 11.4 Å². The summed E-state index contributed by atoms with van der Waals surface area (Å²) in [5, 5.41) is 15.7. The van der Waals surface area contributed by atoms with Crippen molar-refractivity contribution in [3.8, 4) is 5.69 Å². The van der Waals surface area contributed by atoms with Crippen LogP contribution in [-0.4, -0.2) is 31.4 Å². The summed E-state index contributed by atoms with van der Waals surface area (Å²) >= 11 is 5.68. The molecular weight excluding hydrogens is 504 g/mol. The maximum Gasteiger partial charge on any atom is 0.193 e. The number of nitrogens with one attached hydrogen (secondary N) is 2. The van der Waals surface area contributed by atoms with E-state index in [0.717, 1.165) is 34.0 Å². The van der Waals surface area contributed by atoms with Gasteiger partial charge in [0, 0.05) is 27.9 Å². The number of aryl methyl sites for hydroxylation is 1. The van der Waals surface area contributed by atoms with Gasteiger partial charge >= 0.3 is 0 Å². The fourth-order valence-electron chi connectivity index (χ4n) is 4.65. The van der Waals surface area contributed by atoms with Crippen LogP contribution in [0.5, 0.6) is 0 Å². The molecule has 2 N–H and O–H groups in total. The Morgan fingerprint density at radius 3 is 2.18 bits per heavy atom. The first-order valence-corrected chi connectivity index (χ1v) is 12.9. The number of hydrogen-bond acceptors (Lipinski definition) is 5. The van der Waals surface area contributed by atoms with Gasteiger partial charge in [-0.05, 0) is 49.5 Å². The number of anilines is 1. The molecule has 190 valence electrons. The molecule has 0 saturated heterocycles. The standard InChI is InChI=1S/C31H24N6OS/c1-20-35-36-30-29(33-27(21-10-4-2-5-11-21)25-14-8-9-15-26(25)37(20)30)34-31(39)32-24-18-16-23(17-19-24)28(38)22-12-6-3-7-13-22/h2-19,29H,1H3,(H2,32,34,39). The van der Waals surface area contributed by atoms with Gasteiger partial charge in [0.2, 0.25) is 0 Å². The van der Waals surface area contributed by atoms with E-state index in [1.807, 2.05) is 102 Å². The Morgan fingerprint density at radius 2 is 1.44 bits per heavy atom. The van der Waals surface area contributed by atoms with Crippen molar-refractivity contribution in [2.75, 3.05) is 5.32 Å². The van der Waals surface area contributed by atoms with E-state index in [1.54, 1.807) is 12.1 Å². The molecule has 0 saturated carbocycles. The van der Waals surface area contributed by atoms with Gasteiger partial charge in [-0.15, -0.1) is 10.2 Å². The van der Waals surface area contributed by atoms with Gasteiger partial charge in [0.1, 0.15) is 5.82 Å². The molecule has 0 bridgehead atoms. The molecule has 0 spiro atoms. The van der Waals surface area contributed by atoms with Gasteiger partial charge in [-0.1, -0.05) is 78.9 Å². The summed E-state index contributed by atoms with van der Waals surface area (Å²) in [5.41, 5.74) is 5.77. The number of para-hydroxylation sites is 1. The third kappa shape index (κ3) is 4.85. The minimum atomic E-state index is -0.590. The van der Waals surface area contributed by atoms with Crippen LogP contribution in [0.3, 0.4) is 0 Å².